The maximum Gasteiger partial charge on any atom is 0.305 e. The Balaban J connectivity index is 0.00000364. The zero-order valence-corrected chi connectivity index (χ0v) is 18.8. The summed E-state index contributed by atoms with van der Waals surface area (Å²) in [4.78, 5) is 20.4. The van der Waals surface area contributed by atoms with Crippen molar-refractivity contribution in [2.24, 2.45) is 4.99 Å². The minimum Gasteiger partial charge on any atom is -0.497 e. The van der Waals surface area contributed by atoms with Crippen LogP contribution in [0.2, 0.25) is 0 Å². The van der Waals surface area contributed by atoms with E-state index < -0.39 is 0 Å². The van der Waals surface area contributed by atoms with Gasteiger partial charge in [0.1, 0.15) is 5.75 Å². The number of anilines is 1. The first-order chi connectivity index (χ1) is 12.7. The fourth-order valence-corrected chi connectivity index (χ4v) is 2.97. The van der Waals surface area contributed by atoms with Crippen molar-refractivity contribution in [3.05, 3.63) is 24.3 Å². The van der Waals surface area contributed by atoms with Gasteiger partial charge in [0.05, 0.1) is 13.7 Å². The average molecular weight is 490 g/mol. The van der Waals surface area contributed by atoms with E-state index >= 15 is 0 Å². The number of piperazine rings is 1. The Labute approximate surface area is 179 Å². The Bertz CT molecular complexity index is 587. The molecule has 8 heteroatoms. The van der Waals surface area contributed by atoms with Crippen molar-refractivity contribution in [1.29, 1.82) is 0 Å². The van der Waals surface area contributed by atoms with Gasteiger partial charge >= 0.3 is 5.97 Å². The highest BCUT2D eigenvalue weighted by molar-refractivity contribution is 14.0. The van der Waals surface area contributed by atoms with Crippen LogP contribution in [0.3, 0.4) is 0 Å². The normalized spacial score (nSPS) is 14.4. The molecular weight excluding hydrogens is 459 g/mol. The summed E-state index contributed by atoms with van der Waals surface area (Å²) in [7, 11) is 3.47. The molecule has 0 spiro atoms. The van der Waals surface area contributed by atoms with Crippen molar-refractivity contribution in [2.75, 3.05) is 58.4 Å². The number of ether oxygens (including phenoxy) is 2. The van der Waals surface area contributed by atoms with Crippen LogP contribution < -0.4 is 15.0 Å². The lowest BCUT2D eigenvalue weighted by Gasteiger charge is -2.37. The second-order valence-corrected chi connectivity index (χ2v) is 6.05. The molecule has 0 bridgehead atoms. The Morgan fingerprint density at radius 2 is 1.85 bits per heavy atom. The van der Waals surface area contributed by atoms with Gasteiger partial charge in [-0.25, -0.2) is 0 Å². The molecule has 0 aromatic heterocycles. The molecule has 1 aromatic carbocycles. The molecule has 0 radical (unpaired) electrons. The SMILES string of the molecule is CCOC(=O)CCCNC(=NC)N1CCN(c2ccc(OC)cc2)CC1.I. The Kier molecular flexibility index (Phi) is 10.9. The van der Waals surface area contributed by atoms with Gasteiger partial charge in [-0.15, -0.1) is 24.0 Å². The number of nitrogens with zero attached hydrogens (tertiary/aromatic N) is 3. The lowest BCUT2D eigenvalue weighted by Crippen LogP contribution is -2.52. The van der Waals surface area contributed by atoms with E-state index in [-0.39, 0.29) is 29.9 Å². The number of rotatable bonds is 7. The first-order valence-electron chi connectivity index (χ1n) is 9.18. The number of carbonyl (C=O) groups excluding carboxylic acids is 1. The smallest absolute Gasteiger partial charge is 0.305 e. The summed E-state index contributed by atoms with van der Waals surface area (Å²) < 4.78 is 10.2. The molecule has 0 atom stereocenters. The highest BCUT2D eigenvalue weighted by Crippen LogP contribution is 2.20. The minimum absolute atomic E-state index is 0. The summed E-state index contributed by atoms with van der Waals surface area (Å²) in [6.07, 6.45) is 1.17. The lowest BCUT2D eigenvalue weighted by molar-refractivity contribution is -0.143. The summed E-state index contributed by atoms with van der Waals surface area (Å²) in [6, 6.07) is 8.17. The summed E-state index contributed by atoms with van der Waals surface area (Å²) in [5.41, 5.74) is 1.21. The van der Waals surface area contributed by atoms with Crippen LogP contribution in [0.5, 0.6) is 5.75 Å². The molecule has 1 fully saturated rings. The van der Waals surface area contributed by atoms with Gasteiger partial charge in [-0.1, -0.05) is 0 Å². The third-order valence-corrected chi connectivity index (χ3v) is 4.37. The van der Waals surface area contributed by atoms with E-state index in [0.29, 0.717) is 19.6 Å². The third-order valence-electron chi connectivity index (χ3n) is 4.37. The third kappa shape index (κ3) is 7.43. The fraction of sp³-hybridized carbons (Fsp3) is 0.579. The molecular formula is C19H31IN4O3. The molecule has 1 saturated heterocycles. The van der Waals surface area contributed by atoms with Gasteiger partial charge in [-0.3, -0.25) is 9.79 Å². The van der Waals surface area contributed by atoms with E-state index in [1.165, 1.54) is 5.69 Å². The number of hydrogen-bond acceptors (Lipinski definition) is 5. The van der Waals surface area contributed by atoms with Crippen molar-refractivity contribution < 1.29 is 14.3 Å². The zero-order valence-electron chi connectivity index (χ0n) is 16.4. The van der Waals surface area contributed by atoms with E-state index in [1.54, 1.807) is 14.2 Å². The second kappa shape index (κ2) is 12.6. The maximum absolute atomic E-state index is 11.4. The van der Waals surface area contributed by atoms with Crippen molar-refractivity contribution in [3.8, 4) is 5.75 Å². The average Bonchev–Trinajstić information content (AvgIpc) is 2.68. The van der Waals surface area contributed by atoms with Gasteiger partial charge in [0, 0.05) is 51.9 Å². The molecule has 0 amide bonds. The van der Waals surface area contributed by atoms with Gasteiger partial charge in [0.25, 0.3) is 0 Å². The highest BCUT2D eigenvalue weighted by Gasteiger charge is 2.19. The van der Waals surface area contributed by atoms with Crippen LogP contribution in [-0.2, 0) is 9.53 Å². The second-order valence-electron chi connectivity index (χ2n) is 6.05. The molecule has 1 heterocycles. The number of halogens is 1. The van der Waals surface area contributed by atoms with Crippen LogP contribution in [-0.4, -0.2) is 70.3 Å². The number of nitrogens with one attached hydrogen (secondary N) is 1. The van der Waals surface area contributed by atoms with E-state index in [0.717, 1.165) is 44.3 Å². The monoisotopic (exact) mass is 490 g/mol. The van der Waals surface area contributed by atoms with Crippen LogP contribution in [0.4, 0.5) is 5.69 Å². The molecule has 1 aromatic rings. The number of hydrogen-bond donors (Lipinski definition) is 1. The standard InChI is InChI=1S/C19H30N4O3.HI/c1-4-26-18(24)6-5-11-21-19(20-2)23-14-12-22(13-15-23)16-7-9-17(25-3)10-8-16;/h7-10H,4-6,11-15H2,1-3H3,(H,20,21);1H. The molecule has 27 heavy (non-hydrogen) atoms. The van der Waals surface area contributed by atoms with E-state index in [2.05, 4.69) is 32.2 Å². The predicted octanol–water partition coefficient (Wildman–Crippen LogP) is 2.35. The van der Waals surface area contributed by atoms with Gasteiger partial charge in [-0.2, -0.15) is 0 Å². The fourth-order valence-electron chi connectivity index (χ4n) is 2.97. The van der Waals surface area contributed by atoms with Crippen LogP contribution in [0, 0.1) is 0 Å². The van der Waals surface area contributed by atoms with Crippen LogP contribution in [0.15, 0.2) is 29.3 Å². The molecule has 0 aliphatic carbocycles. The minimum atomic E-state index is -0.141. The number of methoxy groups -OCH3 is 1. The Morgan fingerprint density at radius 3 is 2.41 bits per heavy atom. The number of guanidine groups is 1. The van der Waals surface area contributed by atoms with Crippen molar-refractivity contribution in [3.63, 3.8) is 0 Å². The topological polar surface area (TPSA) is 66.4 Å². The number of carbonyl (C=O) groups is 1. The summed E-state index contributed by atoms with van der Waals surface area (Å²) in [6.45, 7) is 6.67. The quantitative estimate of drug-likeness (QED) is 0.208. The number of esters is 1. The summed E-state index contributed by atoms with van der Waals surface area (Å²) >= 11 is 0. The first-order valence-corrected chi connectivity index (χ1v) is 9.18. The Hall–Kier alpha value is -1.71. The molecule has 0 saturated carbocycles. The van der Waals surface area contributed by atoms with Crippen molar-refractivity contribution >= 4 is 41.6 Å². The van der Waals surface area contributed by atoms with E-state index in [4.69, 9.17) is 9.47 Å². The maximum atomic E-state index is 11.4. The molecule has 2 rings (SSSR count). The van der Waals surface area contributed by atoms with Gasteiger partial charge in [-0.05, 0) is 37.6 Å². The zero-order chi connectivity index (χ0) is 18.8. The lowest BCUT2D eigenvalue weighted by atomic mass is 10.2. The van der Waals surface area contributed by atoms with Crippen LogP contribution in [0.1, 0.15) is 19.8 Å². The highest BCUT2D eigenvalue weighted by atomic mass is 127. The molecule has 1 N–H and O–H groups in total. The predicted molar refractivity (Wildman–Crippen MR) is 119 cm³/mol. The van der Waals surface area contributed by atoms with Gasteiger partial charge in [0.2, 0.25) is 0 Å². The number of benzene rings is 1. The Morgan fingerprint density at radius 1 is 1.19 bits per heavy atom. The molecule has 1 aliphatic rings. The molecule has 7 nitrogen and oxygen atoms in total. The van der Waals surface area contributed by atoms with E-state index in [9.17, 15) is 4.79 Å². The largest absolute Gasteiger partial charge is 0.497 e. The summed E-state index contributed by atoms with van der Waals surface area (Å²) in [5, 5.41) is 3.34. The van der Waals surface area contributed by atoms with Crippen molar-refractivity contribution in [1.82, 2.24) is 10.2 Å². The molecule has 152 valence electrons. The molecule has 0 unspecified atom stereocenters. The van der Waals surface area contributed by atoms with Gasteiger partial charge < -0.3 is 24.6 Å². The van der Waals surface area contributed by atoms with Gasteiger partial charge in [0.15, 0.2) is 5.96 Å². The van der Waals surface area contributed by atoms with Crippen LogP contribution in [0.25, 0.3) is 0 Å². The first kappa shape index (κ1) is 23.3. The number of aliphatic imine (C=N–C) groups is 1. The molecule has 1 aliphatic heterocycles. The van der Waals surface area contributed by atoms with Crippen molar-refractivity contribution in [2.45, 2.75) is 19.8 Å². The van der Waals surface area contributed by atoms with Crippen LogP contribution >= 0.6 is 24.0 Å². The van der Waals surface area contributed by atoms with E-state index in [1.807, 2.05) is 19.1 Å². The summed E-state index contributed by atoms with van der Waals surface area (Å²) in [5.74, 6) is 1.63.